The van der Waals surface area contributed by atoms with E-state index >= 15 is 0 Å². The van der Waals surface area contributed by atoms with Crippen LogP contribution in [0.5, 0.6) is 5.75 Å². The van der Waals surface area contributed by atoms with E-state index < -0.39 is 0 Å². The third kappa shape index (κ3) is 6.62. The van der Waals surface area contributed by atoms with Crippen LogP contribution in [0.25, 0.3) is 5.69 Å². The number of aryl methyl sites for hydroxylation is 1. The largest absolute Gasteiger partial charge is 0.497 e. The number of carbonyl (C=O) groups is 2. The number of para-hydroxylation sites is 1. The van der Waals surface area contributed by atoms with Crippen molar-refractivity contribution in [2.24, 2.45) is 0 Å². The smallest absolute Gasteiger partial charge is 0.322 e. The Balaban J connectivity index is 1.80. The number of hydrogen-bond acceptors (Lipinski definition) is 4. The maximum Gasteiger partial charge on any atom is 0.322 e. The molecule has 1 heterocycles. The number of ether oxygens (including phenoxy) is 1. The van der Waals surface area contributed by atoms with Gasteiger partial charge in [0.05, 0.1) is 18.5 Å². The topological polar surface area (TPSA) is 88.5 Å². The highest BCUT2D eigenvalue weighted by Gasteiger charge is 2.23. The molecule has 3 aromatic rings. The van der Waals surface area contributed by atoms with Crippen LogP contribution >= 0.6 is 0 Å². The third-order valence-electron chi connectivity index (χ3n) is 5.56. The van der Waals surface area contributed by atoms with Gasteiger partial charge >= 0.3 is 6.03 Å². The van der Waals surface area contributed by atoms with E-state index in [0.717, 1.165) is 34.8 Å². The van der Waals surface area contributed by atoms with Crippen molar-refractivity contribution in [1.29, 1.82) is 0 Å². The zero-order valence-corrected chi connectivity index (χ0v) is 21.4. The normalized spacial score (nSPS) is 11.1. The van der Waals surface area contributed by atoms with Crippen molar-refractivity contribution < 1.29 is 14.3 Å². The highest BCUT2D eigenvalue weighted by molar-refractivity contribution is 5.97. The number of methoxy groups -OCH3 is 1. The number of urea groups is 1. The van der Waals surface area contributed by atoms with Crippen LogP contribution in [0.2, 0.25) is 0 Å². The first-order valence-electron chi connectivity index (χ1n) is 11.8. The van der Waals surface area contributed by atoms with Crippen LogP contribution in [0.4, 0.5) is 16.3 Å². The summed E-state index contributed by atoms with van der Waals surface area (Å²) in [6, 6.07) is 16.6. The lowest BCUT2D eigenvalue weighted by Crippen LogP contribution is -2.41. The molecule has 0 aliphatic rings. The lowest BCUT2D eigenvalue weighted by molar-refractivity contribution is -0.116. The summed E-state index contributed by atoms with van der Waals surface area (Å²) in [7, 11) is 1.61. The molecule has 0 unspecified atom stereocenters. The predicted molar refractivity (Wildman–Crippen MR) is 140 cm³/mol. The van der Waals surface area contributed by atoms with Crippen LogP contribution in [0.15, 0.2) is 54.6 Å². The van der Waals surface area contributed by atoms with Crippen LogP contribution in [-0.4, -0.2) is 46.8 Å². The van der Waals surface area contributed by atoms with Gasteiger partial charge in [-0.05, 0) is 49.2 Å². The maximum absolute atomic E-state index is 13.1. The first-order chi connectivity index (χ1) is 16.6. The highest BCUT2D eigenvalue weighted by Crippen LogP contribution is 2.27. The number of hydrogen-bond donors (Lipinski definition) is 2. The van der Waals surface area contributed by atoms with E-state index in [2.05, 4.69) is 31.4 Å². The molecule has 3 rings (SSSR count). The molecule has 0 radical (unpaired) electrons. The van der Waals surface area contributed by atoms with Gasteiger partial charge in [-0.3, -0.25) is 4.79 Å². The second-order valence-electron chi connectivity index (χ2n) is 9.49. The Morgan fingerprint density at radius 2 is 1.74 bits per heavy atom. The van der Waals surface area contributed by atoms with Crippen molar-refractivity contribution in [3.8, 4) is 11.4 Å². The Hall–Kier alpha value is -3.81. The molecule has 0 bridgehead atoms. The fraction of sp³-hybridized carbons (Fsp3) is 0.370. The molecule has 0 aliphatic carbocycles. The summed E-state index contributed by atoms with van der Waals surface area (Å²) >= 11 is 0. The summed E-state index contributed by atoms with van der Waals surface area (Å²) in [5, 5.41) is 10.6. The summed E-state index contributed by atoms with van der Waals surface area (Å²) in [5.74, 6) is 0.978. The standard InChI is InChI=1S/C27H35N5O3/c1-7-16-31(26(34)28-22-11-9-8-10-19(22)2)18-25(33)29-24-17-23(27(3,4)5)30-32(24)20-12-14-21(35-6)15-13-20/h8-15,17H,7,16,18H2,1-6H3,(H,28,34)(H,29,33). The summed E-state index contributed by atoms with van der Waals surface area (Å²) in [4.78, 5) is 27.5. The molecular weight excluding hydrogens is 442 g/mol. The van der Waals surface area contributed by atoms with Crippen molar-refractivity contribution in [2.75, 3.05) is 30.8 Å². The summed E-state index contributed by atoms with van der Waals surface area (Å²) in [6.45, 7) is 10.5. The van der Waals surface area contributed by atoms with Gasteiger partial charge in [0.1, 0.15) is 18.1 Å². The van der Waals surface area contributed by atoms with Gasteiger partial charge in [0.2, 0.25) is 5.91 Å². The highest BCUT2D eigenvalue weighted by atomic mass is 16.5. The molecule has 2 aromatic carbocycles. The molecule has 2 N–H and O–H groups in total. The number of amides is 3. The van der Waals surface area contributed by atoms with E-state index in [1.807, 2.05) is 68.4 Å². The van der Waals surface area contributed by atoms with Gasteiger partial charge in [-0.25, -0.2) is 9.48 Å². The minimum atomic E-state index is -0.310. The van der Waals surface area contributed by atoms with E-state index in [1.54, 1.807) is 11.8 Å². The molecule has 8 nitrogen and oxygen atoms in total. The van der Waals surface area contributed by atoms with Gasteiger partial charge in [0.25, 0.3) is 0 Å². The van der Waals surface area contributed by atoms with Crippen LogP contribution in [-0.2, 0) is 10.2 Å². The van der Waals surface area contributed by atoms with Crippen molar-refractivity contribution in [2.45, 2.75) is 46.5 Å². The van der Waals surface area contributed by atoms with Crippen molar-refractivity contribution in [3.05, 3.63) is 65.9 Å². The summed E-state index contributed by atoms with van der Waals surface area (Å²) < 4.78 is 6.96. The van der Waals surface area contributed by atoms with Crippen molar-refractivity contribution in [3.63, 3.8) is 0 Å². The Bertz CT molecular complexity index is 1160. The van der Waals surface area contributed by atoms with Gasteiger partial charge in [-0.2, -0.15) is 5.10 Å². The number of nitrogens with one attached hydrogen (secondary N) is 2. The Morgan fingerprint density at radius 3 is 2.34 bits per heavy atom. The maximum atomic E-state index is 13.1. The molecule has 186 valence electrons. The van der Waals surface area contributed by atoms with Gasteiger partial charge in [-0.15, -0.1) is 0 Å². The molecular formula is C27H35N5O3. The molecule has 0 atom stereocenters. The van der Waals surface area contributed by atoms with E-state index in [9.17, 15) is 9.59 Å². The number of carbonyl (C=O) groups excluding carboxylic acids is 2. The predicted octanol–water partition coefficient (Wildman–Crippen LogP) is 5.37. The lowest BCUT2D eigenvalue weighted by atomic mass is 9.92. The molecule has 0 spiro atoms. The molecule has 0 saturated heterocycles. The average Bonchev–Trinajstić information content (AvgIpc) is 3.24. The minimum absolute atomic E-state index is 0.0792. The van der Waals surface area contributed by atoms with Crippen molar-refractivity contribution in [1.82, 2.24) is 14.7 Å². The summed E-state index contributed by atoms with van der Waals surface area (Å²) in [5.41, 5.74) is 3.11. The monoisotopic (exact) mass is 477 g/mol. The first-order valence-corrected chi connectivity index (χ1v) is 11.8. The molecule has 0 aliphatic heterocycles. The molecule has 1 aromatic heterocycles. The number of rotatable bonds is 8. The Labute approximate surface area is 207 Å². The Morgan fingerprint density at radius 1 is 1.06 bits per heavy atom. The molecule has 0 saturated carbocycles. The molecule has 8 heteroatoms. The first kappa shape index (κ1) is 25.8. The van der Waals surface area contributed by atoms with E-state index in [1.165, 1.54) is 4.90 Å². The SMILES string of the molecule is CCCN(CC(=O)Nc1cc(C(C)(C)C)nn1-c1ccc(OC)cc1)C(=O)Nc1ccccc1C. The van der Waals surface area contributed by atoms with E-state index in [0.29, 0.717) is 12.4 Å². The fourth-order valence-corrected chi connectivity index (χ4v) is 3.54. The number of benzene rings is 2. The molecule has 0 fully saturated rings. The second-order valence-corrected chi connectivity index (χ2v) is 9.49. The van der Waals surface area contributed by atoms with Gasteiger partial charge in [0, 0.05) is 23.7 Å². The fourth-order valence-electron chi connectivity index (χ4n) is 3.54. The number of nitrogens with zero attached hydrogens (tertiary/aromatic N) is 3. The molecule has 35 heavy (non-hydrogen) atoms. The average molecular weight is 478 g/mol. The second kappa shape index (κ2) is 11.1. The van der Waals surface area contributed by atoms with Gasteiger partial charge < -0.3 is 20.3 Å². The zero-order valence-electron chi connectivity index (χ0n) is 21.4. The zero-order chi connectivity index (χ0) is 25.6. The van der Waals surface area contributed by atoms with Gasteiger partial charge in [0.15, 0.2) is 0 Å². The number of aromatic nitrogens is 2. The number of anilines is 2. The third-order valence-corrected chi connectivity index (χ3v) is 5.56. The van der Waals surface area contributed by atoms with Gasteiger partial charge in [-0.1, -0.05) is 45.9 Å². The minimum Gasteiger partial charge on any atom is -0.497 e. The van der Waals surface area contributed by atoms with E-state index in [-0.39, 0.29) is 23.9 Å². The summed E-state index contributed by atoms with van der Waals surface area (Å²) in [6.07, 6.45) is 0.729. The van der Waals surface area contributed by atoms with Crippen molar-refractivity contribution >= 4 is 23.4 Å². The lowest BCUT2D eigenvalue weighted by Gasteiger charge is -2.22. The van der Waals surface area contributed by atoms with Crippen LogP contribution in [0.3, 0.4) is 0 Å². The van der Waals surface area contributed by atoms with E-state index in [4.69, 9.17) is 9.84 Å². The van der Waals surface area contributed by atoms with Crippen LogP contribution < -0.4 is 15.4 Å². The van der Waals surface area contributed by atoms with Crippen LogP contribution in [0.1, 0.15) is 45.4 Å². The molecule has 3 amide bonds. The van der Waals surface area contributed by atoms with Crippen LogP contribution in [0, 0.1) is 6.92 Å². The Kier molecular flexibility index (Phi) is 8.17. The quantitative estimate of drug-likeness (QED) is 0.457.